The second-order valence-electron chi connectivity index (χ2n) is 8.35. The molecule has 30 heavy (non-hydrogen) atoms. The van der Waals surface area contributed by atoms with Crippen LogP contribution in [0.2, 0.25) is 0 Å². The van der Waals surface area contributed by atoms with Crippen molar-refractivity contribution in [1.29, 1.82) is 0 Å². The molecule has 1 aromatic rings. The minimum Gasteiger partial charge on any atom is -0.357 e. The highest BCUT2D eigenvalue weighted by molar-refractivity contribution is 5.81. The number of rotatable bonds is 10. The Morgan fingerprint density at radius 2 is 1.90 bits per heavy atom. The third-order valence-electron chi connectivity index (χ3n) is 5.78. The summed E-state index contributed by atoms with van der Waals surface area (Å²) >= 11 is 0. The third kappa shape index (κ3) is 7.31. The molecule has 1 aliphatic rings. The minimum absolute atomic E-state index is 0.0541. The van der Waals surface area contributed by atoms with E-state index in [0.29, 0.717) is 6.04 Å². The molecule has 1 aromatic carbocycles. The molecule has 1 fully saturated rings. The highest BCUT2D eigenvalue weighted by Gasteiger charge is 2.28. The number of aliphatic imine (C=N–C) groups is 1. The van der Waals surface area contributed by atoms with Crippen LogP contribution < -0.4 is 10.6 Å². The van der Waals surface area contributed by atoms with Crippen molar-refractivity contribution in [3.63, 3.8) is 0 Å². The molecule has 0 aromatic heterocycles. The second kappa shape index (κ2) is 12.6. The van der Waals surface area contributed by atoms with E-state index in [9.17, 15) is 4.79 Å². The highest BCUT2D eigenvalue weighted by Crippen LogP contribution is 2.13. The molecule has 0 aliphatic carbocycles. The zero-order valence-electron chi connectivity index (χ0n) is 19.5. The van der Waals surface area contributed by atoms with Gasteiger partial charge in [0.25, 0.3) is 0 Å². The SMILES string of the molecule is CCNC(=NCC(Cc1ccccc1)N(CC)CC)NC1CCN(C(=O)C(C)C)C1. The molecule has 0 radical (unpaired) electrons. The van der Waals surface area contributed by atoms with Gasteiger partial charge in [-0.25, -0.2) is 0 Å². The number of guanidine groups is 1. The summed E-state index contributed by atoms with van der Waals surface area (Å²) < 4.78 is 0. The number of hydrogen-bond acceptors (Lipinski definition) is 3. The van der Waals surface area contributed by atoms with Gasteiger partial charge in [0.1, 0.15) is 0 Å². The Labute approximate surface area is 183 Å². The molecule has 0 bridgehead atoms. The van der Waals surface area contributed by atoms with E-state index < -0.39 is 0 Å². The van der Waals surface area contributed by atoms with Gasteiger partial charge in [-0.2, -0.15) is 0 Å². The van der Waals surface area contributed by atoms with Gasteiger partial charge in [-0.1, -0.05) is 58.0 Å². The van der Waals surface area contributed by atoms with Crippen molar-refractivity contribution in [3.8, 4) is 0 Å². The van der Waals surface area contributed by atoms with Crippen LogP contribution in [-0.4, -0.2) is 73.0 Å². The molecule has 168 valence electrons. The van der Waals surface area contributed by atoms with Gasteiger partial charge in [-0.3, -0.25) is 14.7 Å². The number of carbonyl (C=O) groups is 1. The van der Waals surface area contributed by atoms with Crippen molar-refractivity contribution in [2.45, 2.75) is 59.5 Å². The van der Waals surface area contributed by atoms with Crippen LogP contribution in [-0.2, 0) is 11.2 Å². The lowest BCUT2D eigenvalue weighted by Gasteiger charge is -2.29. The van der Waals surface area contributed by atoms with Gasteiger partial charge in [0.2, 0.25) is 5.91 Å². The largest absolute Gasteiger partial charge is 0.357 e. The standard InChI is InChI=1S/C24H41N5O/c1-6-25-24(27-21-14-15-29(18-21)23(30)19(4)5)26-17-22(28(7-2)8-3)16-20-12-10-9-11-13-20/h9-13,19,21-22H,6-8,14-18H2,1-5H3,(H2,25,26,27). The zero-order chi connectivity index (χ0) is 21.9. The minimum atomic E-state index is 0.0541. The van der Waals surface area contributed by atoms with Crippen molar-refractivity contribution in [3.05, 3.63) is 35.9 Å². The van der Waals surface area contributed by atoms with Crippen molar-refractivity contribution in [1.82, 2.24) is 20.4 Å². The topological polar surface area (TPSA) is 60.0 Å². The van der Waals surface area contributed by atoms with Crippen molar-refractivity contribution in [2.75, 3.05) is 39.3 Å². The summed E-state index contributed by atoms with van der Waals surface area (Å²) in [5.41, 5.74) is 1.35. The first kappa shape index (κ1) is 24.2. The normalized spacial score (nSPS) is 18.2. The van der Waals surface area contributed by atoms with Crippen LogP contribution in [0.3, 0.4) is 0 Å². The molecule has 2 rings (SSSR count). The molecule has 1 amide bonds. The Bertz CT molecular complexity index is 657. The Balaban J connectivity index is 2.03. The average molecular weight is 416 g/mol. The van der Waals surface area contributed by atoms with Crippen LogP contribution in [0.25, 0.3) is 0 Å². The smallest absolute Gasteiger partial charge is 0.225 e. The summed E-state index contributed by atoms with van der Waals surface area (Å²) in [6, 6.07) is 11.3. The third-order valence-corrected chi connectivity index (χ3v) is 5.78. The monoisotopic (exact) mass is 415 g/mol. The summed E-state index contributed by atoms with van der Waals surface area (Å²) in [6.45, 7) is 15.6. The number of amides is 1. The zero-order valence-corrected chi connectivity index (χ0v) is 19.5. The fourth-order valence-corrected chi connectivity index (χ4v) is 4.09. The first-order valence-corrected chi connectivity index (χ1v) is 11.6. The molecule has 2 N–H and O–H groups in total. The Kier molecular flexibility index (Phi) is 10.1. The molecule has 6 nitrogen and oxygen atoms in total. The number of nitrogens with one attached hydrogen (secondary N) is 2. The molecular weight excluding hydrogens is 374 g/mol. The summed E-state index contributed by atoms with van der Waals surface area (Å²) in [5, 5.41) is 6.95. The fraction of sp³-hybridized carbons (Fsp3) is 0.667. The first-order valence-electron chi connectivity index (χ1n) is 11.6. The van der Waals surface area contributed by atoms with E-state index >= 15 is 0 Å². The summed E-state index contributed by atoms with van der Waals surface area (Å²) in [6.07, 6.45) is 1.96. The number of hydrogen-bond donors (Lipinski definition) is 2. The van der Waals surface area contributed by atoms with Crippen molar-refractivity contribution < 1.29 is 4.79 Å². The van der Waals surface area contributed by atoms with Crippen LogP contribution in [0.15, 0.2) is 35.3 Å². The first-order chi connectivity index (χ1) is 14.5. The maximum Gasteiger partial charge on any atom is 0.225 e. The predicted molar refractivity (Wildman–Crippen MR) is 126 cm³/mol. The molecule has 6 heteroatoms. The Morgan fingerprint density at radius 1 is 1.20 bits per heavy atom. The summed E-state index contributed by atoms with van der Waals surface area (Å²) in [4.78, 5) is 21.7. The van der Waals surface area contributed by atoms with Crippen molar-refractivity contribution >= 4 is 11.9 Å². The van der Waals surface area contributed by atoms with E-state index in [2.05, 4.69) is 66.6 Å². The molecule has 1 heterocycles. The highest BCUT2D eigenvalue weighted by atomic mass is 16.2. The van der Waals surface area contributed by atoms with Crippen LogP contribution in [0, 0.1) is 5.92 Å². The second-order valence-corrected chi connectivity index (χ2v) is 8.35. The van der Waals surface area contributed by atoms with E-state index in [1.54, 1.807) is 0 Å². The van der Waals surface area contributed by atoms with E-state index in [-0.39, 0.29) is 17.9 Å². The number of benzene rings is 1. The van der Waals surface area contributed by atoms with Gasteiger partial charge >= 0.3 is 0 Å². The van der Waals surface area contributed by atoms with E-state index in [1.165, 1.54) is 5.56 Å². The summed E-state index contributed by atoms with van der Waals surface area (Å²) in [7, 11) is 0. The lowest BCUT2D eigenvalue weighted by molar-refractivity contribution is -0.133. The molecular formula is C24H41N5O. The van der Waals surface area contributed by atoms with Crippen LogP contribution in [0.4, 0.5) is 0 Å². The molecule has 0 spiro atoms. The quantitative estimate of drug-likeness (QED) is 0.456. The van der Waals surface area contributed by atoms with Gasteiger partial charge in [0.15, 0.2) is 5.96 Å². The van der Waals surface area contributed by atoms with Gasteiger partial charge in [0, 0.05) is 37.6 Å². The maximum absolute atomic E-state index is 12.3. The molecule has 1 aliphatic heterocycles. The van der Waals surface area contributed by atoms with Gasteiger partial charge in [0.05, 0.1) is 6.54 Å². The van der Waals surface area contributed by atoms with Crippen LogP contribution in [0.1, 0.15) is 46.6 Å². The Morgan fingerprint density at radius 3 is 2.50 bits per heavy atom. The van der Waals surface area contributed by atoms with Crippen molar-refractivity contribution in [2.24, 2.45) is 10.9 Å². The van der Waals surface area contributed by atoms with Gasteiger partial charge < -0.3 is 15.5 Å². The predicted octanol–water partition coefficient (Wildman–Crippen LogP) is 2.75. The Hall–Kier alpha value is -2.08. The average Bonchev–Trinajstić information content (AvgIpc) is 3.21. The summed E-state index contributed by atoms with van der Waals surface area (Å²) in [5.74, 6) is 1.15. The lowest BCUT2D eigenvalue weighted by Crippen LogP contribution is -2.46. The van der Waals surface area contributed by atoms with Crippen LogP contribution in [0.5, 0.6) is 0 Å². The van der Waals surface area contributed by atoms with Crippen LogP contribution >= 0.6 is 0 Å². The molecule has 1 saturated heterocycles. The maximum atomic E-state index is 12.3. The number of nitrogens with zero attached hydrogens (tertiary/aromatic N) is 3. The molecule has 0 saturated carbocycles. The number of likely N-dealkylation sites (N-methyl/N-ethyl adjacent to an activating group) is 1. The molecule has 2 atom stereocenters. The number of carbonyl (C=O) groups excluding carboxylic acids is 1. The van der Waals surface area contributed by atoms with Gasteiger partial charge in [-0.15, -0.1) is 0 Å². The van der Waals surface area contributed by atoms with E-state index in [0.717, 1.165) is 58.1 Å². The van der Waals surface area contributed by atoms with E-state index in [1.807, 2.05) is 18.7 Å². The fourth-order valence-electron chi connectivity index (χ4n) is 4.09. The number of likely N-dealkylation sites (tertiary alicyclic amines) is 1. The lowest BCUT2D eigenvalue weighted by atomic mass is 10.0. The van der Waals surface area contributed by atoms with Gasteiger partial charge in [-0.05, 0) is 38.4 Å². The molecule has 2 unspecified atom stereocenters. The van der Waals surface area contributed by atoms with E-state index in [4.69, 9.17) is 4.99 Å².